The summed E-state index contributed by atoms with van der Waals surface area (Å²) in [5.74, 6) is -0.989. The third-order valence-electron chi connectivity index (χ3n) is 5.10. The number of carboxylic acids is 1. The maximum absolute atomic E-state index is 11.2. The van der Waals surface area contributed by atoms with E-state index in [0.29, 0.717) is 12.8 Å². The molecule has 3 nitrogen and oxygen atoms in total. The van der Waals surface area contributed by atoms with Crippen molar-refractivity contribution in [2.75, 3.05) is 0 Å². The van der Waals surface area contributed by atoms with Crippen LogP contribution in [0.5, 0.6) is 0 Å². The minimum Gasteiger partial charge on any atom is -0.481 e. The molecule has 0 bridgehead atoms. The molecule has 0 amide bonds. The number of carboxylic acid groups (broad SMARTS) is 1. The van der Waals surface area contributed by atoms with E-state index < -0.39 is 15.0 Å². The van der Waals surface area contributed by atoms with Crippen LogP contribution in [-0.2, 0) is 14.6 Å². The van der Waals surface area contributed by atoms with Crippen molar-refractivity contribution >= 4 is 25.4 Å². The normalized spacial score (nSPS) is 22.9. The van der Waals surface area contributed by atoms with Crippen LogP contribution in [0.15, 0.2) is 54.6 Å². The summed E-state index contributed by atoms with van der Waals surface area (Å²) in [5.41, 5.74) is 1.07. The smallest absolute Gasteiger partial charge is 0.306 e. The molecule has 26 heavy (non-hydrogen) atoms. The van der Waals surface area contributed by atoms with Gasteiger partial charge in [0.2, 0.25) is 0 Å². The molecule has 2 aromatic rings. The van der Waals surface area contributed by atoms with Crippen LogP contribution in [0.4, 0.5) is 0 Å². The third-order valence-corrected chi connectivity index (χ3v) is 7.52. The minimum absolute atomic E-state index is 0.119. The zero-order valence-corrected chi connectivity index (χ0v) is 17.0. The summed E-state index contributed by atoms with van der Waals surface area (Å²) in [5, 5.41) is 11.6. The summed E-state index contributed by atoms with van der Waals surface area (Å²) in [7, 11) is -1.42. The number of hydrogen-bond donors (Lipinski definition) is 1. The highest BCUT2D eigenvalue weighted by Gasteiger charge is 2.47. The first kappa shape index (κ1) is 18.9. The first-order valence-corrected chi connectivity index (χ1v) is 10.5. The summed E-state index contributed by atoms with van der Waals surface area (Å²) < 4.78 is 6.59. The molecule has 0 aliphatic heterocycles. The zero-order valence-electron chi connectivity index (χ0n) is 16.0. The van der Waals surface area contributed by atoms with Crippen molar-refractivity contribution in [3.8, 4) is 0 Å². The van der Waals surface area contributed by atoms with Crippen LogP contribution in [0.3, 0.4) is 0 Å². The molecule has 1 aliphatic carbocycles. The van der Waals surface area contributed by atoms with Gasteiger partial charge in [-0.1, -0.05) is 75.4 Å². The Morgan fingerprint density at radius 3 is 2.08 bits per heavy atom. The molecule has 0 saturated heterocycles. The number of aliphatic carboxylic acids is 1. The van der Waals surface area contributed by atoms with E-state index in [2.05, 4.69) is 57.2 Å². The van der Waals surface area contributed by atoms with Crippen LogP contribution in [-0.4, -0.2) is 25.7 Å². The molecular formula is C22H27O3Si. The highest BCUT2D eigenvalue weighted by molar-refractivity contribution is 6.80. The van der Waals surface area contributed by atoms with Gasteiger partial charge in [0.1, 0.15) is 0 Å². The first-order valence-electron chi connectivity index (χ1n) is 9.13. The quantitative estimate of drug-likeness (QED) is 0.825. The van der Waals surface area contributed by atoms with Gasteiger partial charge in [-0.15, -0.1) is 0 Å². The van der Waals surface area contributed by atoms with Gasteiger partial charge in [0.05, 0.1) is 11.5 Å². The number of rotatable bonds is 5. The average Bonchev–Trinajstić information content (AvgIpc) is 2.57. The lowest BCUT2D eigenvalue weighted by Gasteiger charge is -2.45. The van der Waals surface area contributed by atoms with Crippen LogP contribution in [0.2, 0.25) is 0 Å². The molecule has 0 spiro atoms. The van der Waals surface area contributed by atoms with E-state index in [4.69, 9.17) is 4.43 Å². The number of hydrogen-bond acceptors (Lipinski definition) is 2. The first-order chi connectivity index (χ1) is 12.2. The molecule has 3 rings (SSSR count). The van der Waals surface area contributed by atoms with Crippen LogP contribution in [0.1, 0.15) is 46.1 Å². The zero-order chi connectivity index (χ0) is 18.9. The van der Waals surface area contributed by atoms with E-state index in [9.17, 15) is 9.90 Å². The largest absolute Gasteiger partial charge is 0.481 e. The van der Waals surface area contributed by atoms with Gasteiger partial charge >= 0.3 is 5.97 Å². The molecule has 137 valence electrons. The second-order valence-corrected chi connectivity index (χ2v) is 10.5. The Kier molecular flexibility index (Phi) is 5.09. The highest BCUT2D eigenvalue weighted by Crippen LogP contribution is 2.41. The Morgan fingerprint density at radius 1 is 1.04 bits per heavy atom. The topological polar surface area (TPSA) is 46.5 Å². The Morgan fingerprint density at radius 2 is 1.58 bits per heavy atom. The lowest BCUT2D eigenvalue weighted by atomic mass is 9.72. The maximum atomic E-state index is 11.2. The van der Waals surface area contributed by atoms with Crippen LogP contribution in [0.25, 0.3) is 0 Å². The van der Waals surface area contributed by atoms with Crippen molar-refractivity contribution in [1.29, 1.82) is 0 Å². The Bertz CT molecular complexity index is 756. The standard InChI is InChI=1S/C22H27O3Si/c1-21(2,3)17-10-12-19(13-11-17)26(18-8-6-5-7-9-18)25-22(4)14-16(15-22)20(23)24/h5-13,16H,14-15H2,1-4H3,(H,23,24). The van der Waals surface area contributed by atoms with Crippen LogP contribution in [0, 0.1) is 5.92 Å². The predicted octanol–water partition coefficient (Wildman–Crippen LogP) is 3.36. The fraction of sp³-hybridized carbons (Fsp3) is 0.409. The molecule has 1 radical (unpaired) electrons. The van der Waals surface area contributed by atoms with E-state index in [1.54, 1.807) is 0 Å². The lowest BCUT2D eigenvalue weighted by Crippen LogP contribution is -2.56. The minimum atomic E-state index is -1.42. The monoisotopic (exact) mass is 367 g/mol. The van der Waals surface area contributed by atoms with Crippen LogP contribution < -0.4 is 10.4 Å². The van der Waals surface area contributed by atoms with Crippen LogP contribution >= 0.6 is 0 Å². The van der Waals surface area contributed by atoms with Crippen molar-refractivity contribution in [2.45, 2.75) is 51.6 Å². The van der Waals surface area contributed by atoms with Gasteiger partial charge in [-0.25, -0.2) is 0 Å². The summed E-state index contributed by atoms with van der Waals surface area (Å²) in [6.07, 6.45) is 1.17. The van der Waals surface area contributed by atoms with Crippen molar-refractivity contribution in [2.24, 2.45) is 5.92 Å². The summed E-state index contributed by atoms with van der Waals surface area (Å²) in [4.78, 5) is 11.2. The second-order valence-electron chi connectivity index (χ2n) is 8.52. The number of carbonyl (C=O) groups is 1. The van der Waals surface area contributed by atoms with Gasteiger partial charge in [0, 0.05) is 0 Å². The van der Waals surface area contributed by atoms with Gasteiger partial charge in [0.25, 0.3) is 9.04 Å². The molecular weight excluding hydrogens is 340 g/mol. The van der Waals surface area contributed by atoms with E-state index in [0.717, 1.165) is 0 Å². The SMILES string of the molecule is CC1(O[Si](c2ccccc2)c2ccc(C(C)(C)C)cc2)CC(C(=O)O)C1. The van der Waals surface area contributed by atoms with Gasteiger partial charge < -0.3 is 9.53 Å². The third kappa shape index (κ3) is 4.08. The Hall–Kier alpha value is -1.91. The van der Waals surface area contributed by atoms with E-state index in [1.165, 1.54) is 15.9 Å². The molecule has 0 heterocycles. The van der Waals surface area contributed by atoms with E-state index in [-0.39, 0.29) is 16.9 Å². The molecule has 0 atom stereocenters. The molecule has 1 saturated carbocycles. The van der Waals surface area contributed by atoms with Crippen molar-refractivity contribution in [3.05, 3.63) is 60.2 Å². The molecule has 1 aliphatic rings. The Balaban J connectivity index is 1.87. The molecule has 0 unspecified atom stereocenters. The van der Waals surface area contributed by atoms with Gasteiger partial charge in [-0.2, -0.15) is 0 Å². The number of benzene rings is 2. The van der Waals surface area contributed by atoms with E-state index >= 15 is 0 Å². The summed E-state index contributed by atoms with van der Waals surface area (Å²) >= 11 is 0. The molecule has 4 heteroatoms. The highest BCUT2D eigenvalue weighted by atomic mass is 28.3. The van der Waals surface area contributed by atoms with E-state index in [1.807, 2.05) is 25.1 Å². The fourth-order valence-electron chi connectivity index (χ4n) is 3.48. The fourth-order valence-corrected chi connectivity index (χ4v) is 5.68. The van der Waals surface area contributed by atoms with Crippen molar-refractivity contribution in [3.63, 3.8) is 0 Å². The molecule has 1 fully saturated rings. The predicted molar refractivity (Wildman–Crippen MR) is 106 cm³/mol. The summed E-state index contributed by atoms with van der Waals surface area (Å²) in [6.45, 7) is 8.68. The van der Waals surface area contributed by atoms with Gasteiger partial charge in [0.15, 0.2) is 0 Å². The maximum Gasteiger partial charge on any atom is 0.306 e. The second kappa shape index (κ2) is 7.01. The Labute approximate surface area is 157 Å². The molecule has 1 N–H and O–H groups in total. The van der Waals surface area contributed by atoms with Gasteiger partial charge in [-0.05, 0) is 41.1 Å². The van der Waals surface area contributed by atoms with Crippen molar-refractivity contribution < 1.29 is 14.3 Å². The van der Waals surface area contributed by atoms with Crippen molar-refractivity contribution in [1.82, 2.24) is 0 Å². The molecule has 0 aromatic heterocycles. The molecule has 2 aromatic carbocycles. The summed E-state index contributed by atoms with van der Waals surface area (Å²) in [6, 6.07) is 19.1. The lowest BCUT2D eigenvalue weighted by molar-refractivity contribution is -0.153. The van der Waals surface area contributed by atoms with Gasteiger partial charge in [-0.3, -0.25) is 4.79 Å². The average molecular weight is 368 g/mol.